The molecule has 4 rings (SSSR count). The van der Waals surface area contributed by atoms with Crippen LogP contribution in [0.1, 0.15) is 35.3 Å². The Labute approximate surface area is 203 Å². The van der Waals surface area contributed by atoms with E-state index in [0.717, 1.165) is 30.9 Å². The van der Waals surface area contributed by atoms with Gasteiger partial charge in [-0.05, 0) is 61.0 Å². The Bertz CT molecular complexity index is 1390. The molecule has 2 N–H and O–H groups in total. The second-order valence-corrected chi connectivity index (χ2v) is 9.84. The molecule has 0 saturated carbocycles. The Morgan fingerprint density at radius 3 is 2.71 bits per heavy atom. The molecule has 10 heteroatoms. The summed E-state index contributed by atoms with van der Waals surface area (Å²) in [6, 6.07) is 8.35. The maximum Gasteiger partial charge on any atom is 0.338 e. The van der Waals surface area contributed by atoms with E-state index in [0.29, 0.717) is 30.6 Å². The van der Waals surface area contributed by atoms with Crippen molar-refractivity contribution >= 4 is 27.8 Å². The van der Waals surface area contributed by atoms with Crippen LogP contribution < -0.4 is 4.72 Å². The fourth-order valence-electron chi connectivity index (χ4n) is 4.34. The third kappa shape index (κ3) is 4.98. The summed E-state index contributed by atoms with van der Waals surface area (Å²) in [5.74, 6) is -1.80. The standard InChI is InChI=1S/C25H27FN4O4S/c1-3-29(4-2)14-5-6-17-16-18(26)7-10-23(17)35(33,34)28-21-9-8-19-20(24(21)25(31)32)12-15-30-22(19)11-13-27-30/h5-11,13,16,28H,3-4,12,14-15H2,1-2H3,(H,31,32). The highest BCUT2D eigenvalue weighted by Crippen LogP contribution is 2.36. The number of likely N-dealkylation sites (N-methyl/N-ethyl adjacent to an activating group) is 1. The van der Waals surface area contributed by atoms with Crippen LogP contribution in [0.4, 0.5) is 10.1 Å². The normalized spacial score (nSPS) is 13.1. The van der Waals surface area contributed by atoms with Crippen LogP contribution in [0.2, 0.25) is 0 Å². The first-order valence-electron chi connectivity index (χ1n) is 11.4. The van der Waals surface area contributed by atoms with Gasteiger partial charge in [0, 0.05) is 24.8 Å². The van der Waals surface area contributed by atoms with Crippen LogP contribution in [0.15, 0.2) is 53.6 Å². The molecule has 0 atom stereocenters. The molecule has 2 aromatic carbocycles. The average Bonchev–Trinajstić information content (AvgIpc) is 3.30. The van der Waals surface area contributed by atoms with Crippen LogP contribution >= 0.6 is 0 Å². The molecule has 0 aliphatic carbocycles. The van der Waals surface area contributed by atoms with Gasteiger partial charge in [0.25, 0.3) is 10.0 Å². The van der Waals surface area contributed by atoms with Gasteiger partial charge < -0.3 is 10.0 Å². The minimum atomic E-state index is -4.22. The van der Waals surface area contributed by atoms with Crippen molar-refractivity contribution in [2.24, 2.45) is 0 Å². The molecule has 3 aromatic rings. The predicted molar refractivity (Wildman–Crippen MR) is 132 cm³/mol. The zero-order valence-corrected chi connectivity index (χ0v) is 20.3. The Kier molecular flexibility index (Phi) is 7.04. The summed E-state index contributed by atoms with van der Waals surface area (Å²) in [6.07, 6.45) is 5.40. The highest BCUT2D eigenvalue weighted by atomic mass is 32.2. The van der Waals surface area contributed by atoms with Gasteiger partial charge in [-0.15, -0.1) is 0 Å². The zero-order chi connectivity index (χ0) is 25.2. The lowest BCUT2D eigenvalue weighted by Crippen LogP contribution is -2.22. The SMILES string of the molecule is CCN(CC)CC=Cc1cc(F)ccc1S(=O)(=O)Nc1ccc2c(c1C(=O)O)CCn1nccc1-2. The molecule has 35 heavy (non-hydrogen) atoms. The molecule has 2 heterocycles. The third-order valence-corrected chi connectivity index (χ3v) is 7.59. The molecule has 184 valence electrons. The molecule has 1 aliphatic heterocycles. The number of sulfonamides is 1. The highest BCUT2D eigenvalue weighted by molar-refractivity contribution is 7.92. The van der Waals surface area contributed by atoms with E-state index in [4.69, 9.17) is 0 Å². The number of hydrogen-bond acceptors (Lipinski definition) is 5. The molecule has 0 bridgehead atoms. The van der Waals surface area contributed by atoms with E-state index in [9.17, 15) is 22.7 Å². The second-order valence-electron chi connectivity index (χ2n) is 8.18. The fourth-order valence-corrected chi connectivity index (χ4v) is 5.59. The maximum absolute atomic E-state index is 14.0. The molecular formula is C25H27FN4O4S. The van der Waals surface area contributed by atoms with Gasteiger partial charge in [-0.25, -0.2) is 17.6 Å². The van der Waals surface area contributed by atoms with Crippen molar-refractivity contribution in [1.29, 1.82) is 0 Å². The number of fused-ring (bicyclic) bond motifs is 3. The van der Waals surface area contributed by atoms with Crippen LogP contribution in [0, 0.1) is 5.82 Å². The second kappa shape index (κ2) is 10.0. The number of carbonyl (C=O) groups is 1. The van der Waals surface area contributed by atoms with Gasteiger partial charge in [-0.2, -0.15) is 5.10 Å². The van der Waals surface area contributed by atoms with Crippen molar-refractivity contribution < 1.29 is 22.7 Å². The van der Waals surface area contributed by atoms with E-state index in [1.54, 1.807) is 35.2 Å². The number of aryl methyl sites for hydroxylation is 1. The van der Waals surface area contributed by atoms with Gasteiger partial charge in [0.15, 0.2) is 0 Å². The molecule has 8 nitrogen and oxygen atoms in total. The minimum absolute atomic E-state index is 0.0355. The van der Waals surface area contributed by atoms with Gasteiger partial charge in [0.2, 0.25) is 0 Å². The summed E-state index contributed by atoms with van der Waals surface area (Å²) in [4.78, 5) is 14.2. The van der Waals surface area contributed by atoms with Crippen LogP contribution in [0.5, 0.6) is 0 Å². The van der Waals surface area contributed by atoms with E-state index in [-0.39, 0.29) is 21.7 Å². The highest BCUT2D eigenvalue weighted by Gasteiger charge is 2.27. The number of aromatic carboxylic acids is 1. The Morgan fingerprint density at radius 1 is 1.23 bits per heavy atom. The molecule has 1 aliphatic rings. The quantitative estimate of drug-likeness (QED) is 0.460. The number of benzene rings is 2. The van der Waals surface area contributed by atoms with Gasteiger partial charge in [-0.3, -0.25) is 9.40 Å². The van der Waals surface area contributed by atoms with Crippen LogP contribution in [0.3, 0.4) is 0 Å². The number of halogens is 1. The van der Waals surface area contributed by atoms with Gasteiger partial charge in [-0.1, -0.05) is 32.1 Å². The molecule has 1 aromatic heterocycles. The van der Waals surface area contributed by atoms with Crippen LogP contribution in [-0.2, 0) is 23.0 Å². The van der Waals surface area contributed by atoms with Crippen molar-refractivity contribution in [1.82, 2.24) is 14.7 Å². The number of hydrogen-bond donors (Lipinski definition) is 2. The first kappa shape index (κ1) is 24.6. The zero-order valence-electron chi connectivity index (χ0n) is 19.5. The summed E-state index contributed by atoms with van der Waals surface area (Å²) in [5, 5.41) is 14.2. The van der Waals surface area contributed by atoms with Gasteiger partial charge in [0.1, 0.15) is 5.82 Å². The molecule has 0 amide bonds. The number of carboxylic acids is 1. The number of aromatic nitrogens is 2. The average molecular weight is 499 g/mol. The van der Waals surface area contributed by atoms with E-state index >= 15 is 0 Å². The number of anilines is 1. The van der Waals surface area contributed by atoms with E-state index in [2.05, 4.69) is 14.7 Å². The monoisotopic (exact) mass is 498 g/mol. The topological polar surface area (TPSA) is 105 Å². The van der Waals surface area contributed by atoms with E-state index < -0.39 is 21.8 Å². The van der Waals surface area contributed by atoms with E-state index in [1.165, 1.54) is 12.1 Å². The fraction of sp³-hybridized carbons (Fsp3) is 0.280. The van der Waals surface area contributed by atoms with Crippen LogP contribution in [-0.4, -0.2) is 53.8 Å². The lowest BCUT2D eigenvalue weighted by atomic mass is 9.92. The summed E-state index contributed by atoms with van der Waals surface area (Å²) in [6.45, 7) is 6.77. The Hall–Kier alpha value is -3.50. The smallest absolute Gasteiger partial charge is 0.338 e. The van der Waals surface area contributed by atoms with Crippen molar-refractivity contribution in [3.63, 3.8) is 0 Å². The lowest BCUT2D eigenvalue weighted by Gasteiger charge is -2.22. The van der Waals surface area contributed by atoms with Gasteiger partial charge >= 0.3 is 5.97 Å². The lowest BCUT2D eigenvalue weighted by molar-refractivity contribution is 0.0696. The molecule has 0 saturated heterocycles. The minimum Gasteiger partial charge on any atom is -0.478 e. The Balaban J connectivity index is 1.72. The predicted octanol–water partition coefficient (Wildman–Crippen LogP) is 4.10. The maximum atomic E-state index is 14.0. The molecule has 0 radical (unpaired) electrons. The summed E-state index contributed by atoms with van der Waals surface area (Å²) in [7, 11) is -4.22. The largest absolute Gasteiger partial charge is 0.478 e. The van der Waals surface area contributed by atoms with Crippen molar-refractivity contribution in [2.75, 3.05) is 24.4 Å². The molecule has 0 spiro atoms. The molecular weight excluding hydrogens is 471 g/mol. The number of carboxylic acid groups (broad SMARTS) is 1. The van der Waals surface area contributed by atoms with Crippen molar-refractivity contribution in [2.45, 2.75) is 31.7 Å². The summed E-state index contributed by atoms with van der Waals surface area (Å²) in [5.41, 5.74) is 2.08. The summed E-state index contributed by atoms with van der Waals surface area (Å²) >= 11 is 0. The first-order chi connectivity index (χ1) is 16.7. The summed E-state index contributed by atoms with van der Waals surface area (Å²) < 4.78 is 44.9. The molecule has 0 unspecified atom stereocenters. The van der Waals surface area contributed by atoms with E-state index in [1.807, 2.05) is 13.8 Å². The number of rotatable bonds is 9. The Morgan fingerprint density at radius 2 is 2.00 bits per heavy atom. The molecule has 0 fully saturated rings. The van der Waals surface area contributed by atoms with Gasteiger partial charge in [0.05, 0.1) is 21.8 Å². The third-order valence-electron chi connectivity index (χ3n) is 6.15. The first-order valence-corrected chi connectivity index (χ1v) is 12.9. The van der Waals surface area contributed by atoms with Crippen LogP contribution in [0.25, 0.3) is 17.3 Å². The number of nitrogens with one attached hydrogen (secondary N) is 1. The van der Waals surface area contributed by atoms with Crippen molar-refractivity contribution in [3.8, 4) is 11.3 Å². The number of nitrogens with zero attached hydrogens (tertiary/aromatic N) is 3. The van der Waals surface area contributed by atoms with Crippen molar-refractivity contribution in [3.05, 3.63) is 71.2 Å².